The Labute approximate surface area is 187 Å². The molecule has 1 aromatic carbocycles. The molecule has 32 heavy (non-hydrogen) atoms. The fourth-order valence-electron chi connectivity index (χ4n) is 5.07. The largest absolute Gasteiger partial charge is 0.845 e. The van der Waals surface area contributed by atoms with Crippen molar-refractivity contribution < 1.29 is 18.3 Å². The predicted octanol–water partition coefficient (Wildman–Crippen LogP) is 1.51. The third-order valence-corrected chi connectivity index (χ3v) is 7.84. The van der Waals surface area contributed by atoms with Crippen LogP contribution >= 0.6 is 0 Å². The first-order valence-corrected chi connectivity index (χ1v) is 12.5. The first-order valence-electron chi connectivity index (χ1n) is 11.1. The molecule has 0 radical (unpaired) electrons. The molecule has 3 aliphatic rings. The number of anilines is 2. The van der Waals surface area contributed by atoms with Gasteiger partial charge in [-0.3, -0.25) is 0 Å². The van der Waals surface area contributed by atoms with E-state index in [4.69, 9.17) is 4.74 Å². The number of fused-ring (bicyclic) bond motifs is 2. The second-order valence-electron chi connectivity index (χ2n) is 8.45. The number of aromatic nitrogens is 2. The van der Waals surface area contributed by atoms with Crippen LogP contribution in [-0.4, -0.2) is 43.9 Å². The van der Waals surface area contributed by atoms with Gasteiger partial charge in [0.25, 0.3) is 0 Å². The van der Waals surface area contributed by atoms with Gasteiger partial charge in [-0.05, 0) is 85.8 Å². The van der Waals surface area contributed by atoms with Crippen molar-refractivity contribution in [2.75, 3.05) is 22.8 Å². The van der Waals surface area contributed by atoms with Gasteiger partial charge in [-0.1, -0.05) is 6.07 Å². The van der Waals surface area contributed by atoms with Crippen molar-refractivity contribution in [2.45, 2.75) is 57.4 Å². The first kappa shape index (κ1) is 21.1. The minimum absolute atomic E-state index is 0.150. The molecular weight excluding hydrogens is 430 g/mol. The maximum absolute atomic E-state index is 13.3. The van der Waals surface area contributed by atoms with Crippen LogP contribution in [0.25, 0.3) is 0 Å². The van der Waals surface area contributed by atoms with Crippen molar-refractivity contribution in [1.29, 1.82) is 0 Å². The van der Waals surface area contributed by atoms with Gasteiger partial charge in [-0.15, -0.1) is 9.50 Å². The van der Waals surface area contributed by atoms with E-state index in [0.29, 0.717) is 26.1 Å². The van der Waals surface area contributed by atoms with Gasteiger partial charge in [-0.2, -0.15) is 13.5 Å². The number of nitrogens with one attached hydrogen (secondary N) is 1. The number of aryl methyl sites for hydroxylation is 2. The van der Waals surface area contributed by atoms with Crippen LogP contribution in [-0.2, 0) is 40.6 Å². The average molecular weight is 457 g/mol. The topological polar surface area (TPSA) is 120 Å². The van der Waals surface area contributed by atoms with E-state index in [1.807, 2.05) is 0 Å². The fraction of sp³-hybridized carbons (Fsp3) is 0.500. The zero-order valence-electron chi connectivity index (χ0n) is 17.8. The first-order chi connectivity index (χ1) is 15.5. The van der Waals surface area contributed by atoms with Gasteiger partial charge in [-0.25, -0.2) is 4.31 Å². The SMILES string of the molecule is O=S(=O)(/N=C(\[O-])Nc1c2c(cc3c1CCC3)CCC2)N(c1cccnn1)C1CCOCC1. The second kappa shape index (κ2) is 8.67. The summed E-state index contributed by atoms with van der Waals surface area (Å²) in [6.45, 7) is 0.872. The molecule has 0 unspecified atom stereocenters. The number of hydrogen-bond donors (Lipinski definition) is 1. The van der Waals surface area contributed by atoms with Crippen LogP contribution in [0.3, 0.4) is 0 Å². The lowest BCUT2D eigenvalue weighted by Gasteiger charge is -2.32. The second-order valence-corrected chi connectivity index (χ2v) is 9.93. The Morgan fingerprint density at radius 3 is 2.44 bits per heavy atom. The molecule has 0 spiro atoms. The molecule has 0 atom stereocenters. The summed E-state index contributed by atoms with van der Waals surface area (Å²) in [4.78, 5) is 0. The van der Waals surface area contributed by atoms with Gasteiger partial charge in [0.1, 0.15) is 0 Å². The zero-order chi connectivity index (χ0) is 22.1. The minimum Gasteiger partial charge on any atom is -0.845 e. The Hall–Kier alpha value is -2.72. The molecule has 9 nitrogen and oxygen atoms in total. The summed E-state index contributed by atoms with van der Waals surface area (Å²) in [6, 6.07) is 4.16. The van der Waals surface area contributed by atoms with E-state index in [1.165, 1.54) is 17.3 Å². The minimum atomic E-state index is -4.33. The summed E-state index contributed by atoms with van der Waals surface area (Å²) in [7, 11) is -4.33. The summed E-state index contributed by atoms with van der Waals surface area (Å²) in [6.07, 6.45) is 8.30. The third-order valence-electron chi connectivity index (χ3n) is 6.46. The van der Waals surface area contributed by atoms with Crippen molar-refractivity contribution in [3.8, 4) is 0 Å². The van der Waals surface area contributed by atoms with E-state index in [2.05, 4.69) is 26.0 Å². The van der Waals surface area contributed by atoms with E-state index in [0.717, 1.165) is 59.6 Å². The quantitative estimate of drug-likeness (QED) is 0.535. The van der Waals surface area contributed by atoms with Crippen molar-refractivity contribution >= 4 is 27.7 Å². The van der Waals surface area contributed by atoms with Crippen LogP contribution in [0.1, 0.15) is 47.9 Å². The highest BCUT2D eigenvalue weighted by molar-refractivity contribution is 7.91. The Morgan fingerprint density at radius 1 is 1.12 bits per heavy atom. The van der Waals surface area contributed by atoms with Crippen molar-refractivity contribution in [3.63, 3.8) is 0 Å². The van der Waals surface area contributed by atoms with Crippen molar-refractivity contribution in [1.82, 2.24) is 10.2 Å². The molecule has 2 heterocycles. The van der Waals surface area contributed by atoms with Crippen LogP contribution in [0.2, 0.25) is 0 Å². The molecule has 1 N–H and O–H groups in total. The van der Waals surface area contributed by atoms with Gasteiger partial charge in [0.15, 0.2) is 5.82 Å². The van der Waals surface area contributed by atoms with E-state index < -0.39 is 22.3 Å². The highest BCUT2D eigenvalue weighted by Crippen LogP contribution is 2.38. The number of amidine groups is 1. The molecular formula is C22H26N5O4S-. The van der Waals surface area contributed by atoms with Crippen LogP contribution in [0.15, 0.2) is 28.8 Å². The van der Waals surface area contributed by atoms with Gasteiger partial charge in [0.2, 0.25) is 0 Å². The molecule has 2 aromatic rings. The molecule has 1 aliphatic heterocycles. The van der Waals surface area contributed by atoms with Gasteiger partial charge >= 0.3 is 10.2 Å². The lowest BCUT2D eigenvalue weighted by Crippen LogP contribution is -2.44. The molecule has 2 aliphatic carbocycles. The molecule has 0 bridgehead atoms. The lowest BCUT2D eigenvalue weighted by atomic mass is 9.99. The van der Waals surface area contributed by atoms with Crippen LogP contribution in [0, 0.1) is 0 Å². The standard InChI is InChI=1S/C22H27N5O4S/c28-22(24-21-18-6-1-4-15(18)14-16-5-2-7-19(16)21)26-32(29,30)27(17-9-12-31-13-10-17)20-8-3-11-23-25-20/h3,8,11,14,17H,1-2,4-7,9-10,12-13H2,(H2,24,26,28)/p-1. The highest BCUT2D eigenvalue weighted by Gasteiger charge is 2.33. The summed E-state index contributed by atoms with van der Waals surface area (Å²) >= 11 is 0. The number of benzene rings is 1. The monoisotopic (exact) mass is 456 g/mol. The van der Waals surface area contributed by atoms with E-state index in [9.17, 15) is 13.5 Å². The maximum atomic E-state index is 13.3. The Bertz CT molecular complexity index is 1100. The molecule has 5 rings (SSSR count). The lowest BCUT2D eigenvalue weighted by molar-refractivity contribution is -0.213. The highest BCUT2D eigenvalue weighted by atomic mass is 32.2. The predicted molar refractivity (Wildman–Crippen MR) is 119 cm³/mol. The van der Waals surface area contributed by atoms with Crippen molar-refractivity contribution in [2.24, 2.45) is 4.40 Å². The molecule has 0 amide bonds. The normalized spacial score (nSPS) is 18.9. The number of ether oxygens (including phenoxy) is 1. The molecule has 1 aromatic heterocycles. The molecule has 1 saturated heterocycles. The number of nitrogens with zero attached hydrogens (tertiary/aromatic N) is 4. The molecule has 1 fully saturated rings. The Morgan fingerprint density at radius 2 is 1.81 bits per heavy atom. The number of hydrogen-bond acceptors (Lipinski definition) is 6. The third kappa shape index (κ3) is 4.04. The smallest absolute Gasteiger partial charge is 0.347 e. The van der Waals surface area contributed by atoms with Gasteiger partial charge in [0, 0.05) is 25.1 Å². The van der Waals surface area contributed by atoms with Gasteiger partial charge < -0.3 is 15.2 Å². The fourth-order valence-corrected chi connectivity index (χ4v) is 6.33. The molecule has 0 saturated carbocycles. The van der Waals surface area contributed by atoms with Gasteiger partial charge in [0.05, 0.1) is 12.1 Å². The van der Waals surface area contributed by atoms with E-state index in [1.54, 1.807) is 12.1 Å². The molecule has 10 heteroatoms. The van der Waals surface area contributed by atoms with Crippen LogP contribution in [0.4, 0.5) is 11.5 Å². The summed E-state index contributed by atoms with van der Waals surface area (Å²) < 4.78 is 36.7. The summed E-state index contributed by atoms with van der Waals surface area (Å²) in [5.41, 5.74) is 5.54. The summed E-state index contributed by atoms with van der Waals surface area (Å²) in [5, 5.41) is 23.5. The van der Waals surface area contributed by atoms with E-state index >= 15 is 0 Å². The average Bonchev–Trinajstić information content (AvgIpc) is 3.44. The maximum Gasteiger partial charge on any atom is 0.347 e. The summed E-state index contributed by atoms with van der Waals surface area (Å²) in [5.74, 6) is 0.150. The molecule has 170 valence electrons. The van der Waals surface area contributed by atoms with Crippen LogP contribution < -0.4 is 14.7 Å². The zero-order valence-corrected chi connectivity index (χ0v) is 18.6. The van der Waals surface area contributed by atoms with Crippen molar-refractivity contribution in [3.05, 3.63) is 46.6 Å². The van der Waals surface area contributed by atoms with E-state index in [-0.39, 0.29) is 5.82 Å². The van der Waals surface area contributed by atoms with Crippen LogP contribution in [0.5, 0.6) is 0 Å². The Balaban J connectivity index is 1.48. The number of rotatable bonds is 5. The Kier molecular flexibility index (Phi) is 5.73.